The first-order valence-corrected chi connectivity index (χ1v) is 10.0. The highest BCUT2D eigenvalue weighted by Crippen LogP contribution is 2.29. The van der Waals surface area contributed by atoms with Gasteiger partial charge in [-0.15, -0.1) is 13.2 Å². The van der Waals surface area contributed by atoms with Gasteiger partial charge in [-0.2, -0.15) is 0 Å². The van der Waals surface area contributed by atoms with Crippen LogP contribution in [0, 0.1) is 12.7 Å². The number of aliphatic hydroxyl groups excluding tert-OH is 1. The fourth-order valence-electron chi connectivity index (χ4n) is 3.37. The fourth-order valence-corrected chi connectivity index (χ4v) is 3.37. The number of halogens is 4. The van der Waals surface area contributed by atoms with Gasteiger partial charge in [0.2, 0.25) is 0 Å². The van der Waals surface area contributed by atoms with Crippen molar-refractivity contribution in [2.24, 2.45) is 0 Å². The second-order valence-corrected chi connectivity index (χ2v) is 7.38. The van der Waals surface area contributed by atoms with Crippen molar-refractivity contribution in [2.75, 3.05) is 25.0 Å². The zero-order valence-electron chi connectivity index (χ0n) is 17.4. The molecular formula is C22H23F4N3O3. The zero-order valence-corrected chi connectivity index (χ0v) is 17.4. The van der Waals surface area contributed by atoms with Crippen LogP contribution in [0.15, 0.2) is 36.5 Å². The second-order valence-electron chi connectivity index (χ2n) is 7.38. The summed E-state index contributed by atoms with van der Waals surface area (Å²) in [5.74, 6) is -0.779. The third-order valence-corrected chi connectivity index (χ3v) is 4.97. The van der Waals surface area contributed by atoms with E-state index >= 15 is 0 Å². The maximum absolute atomic E-state index is 14.4. The van der Waals surface area contributed by atoms with Crippen molar-refractivity contribution >= 4 is 17.3 Å². The molecule has 6 nitrogen and oxygen atoms in total. The largest absolute Gasteiger partial charge is 0.573 e. The first-order chi connectivity index (χ1) is 15.2. The van der Waals surface area contributed by atoms with Crippen molar-refractivity contribution in [1.29, 1.82) is 0 Å². The molecule has 0 radical (unpaired) electrons. The van der Waals surface area contributed by atoms with Crippen molar-refractivity contribution < 1.29 is 32.2 Å². The summed E-state index contributed by atoms with van der Waals surface area (Å²) in [6.07, 6.45) is 0.00336. The molecule has 2 amide bonds. The molecule has 0 fully saturated rings. The molecule has 1 aromatic carbocycles. The van der Waals surface area contributed by atoms with Crippen molar-refractivity contribution in [2.45, 2.75) is 32.5 Å². The summed E-state index contributed by atoms with van der Waals surface area (Å²) in [6, 6.07) is 4.85. The highest BCUT2D eigenvalue weighted by molar-refractivity contribution is 5.90. The summed E-state index contributed by atoms with van der Waals surface area (Å²) in [4.78, 5) is 18.2. The lowest BCUT2D eigenvalue weighted by molar-refractivity contribution is -0.274. The minimum atomic E-state index is -4.79. The third kappa shape index (κ3) is 6.19. The van der Waals surface area contributed by atoms with Crippen LogP contribution in [0.5, 0.6) is 5.75 Å². The average Bonchev–Trinajstić information content (AvgIpc) is 2.73. The fraction of sp³-hybridized carbons (Fsp3) is 0.364. The molecule has 3 rings (SSSR count). The molecule has 10 heteroatoms. The monoisotopic (exact) mass is 453 g/mol. The van der Waals surface area contributed by atoms with E-state index in [0.717, 1.165) is 6.07 Å². The number of benzene rings is 1. The lowest BCUT2D eigenvalue weighted by Crippen LogP contribution is -2.38. The van der Waals surface area contributed by atoms with Gasteiger partial charge in [-0.3, -0.25) is 4.98 Å². The Bertz CT molecular complexity index is 1010. The van der Waals surface area contributed by atoms with Gasteiger partial charge < -0.3 is 20.1 Å². The van der Waals surface area contributed by atoms with E-state index in [1.54, 1.807) is 12.3 Å². The van der Waals surface area contributed by atoms with Crippen molar-refractivity contribution in [3.8, 4) is 5.75 Å². The minimum Gasteiger partial charge on any atom is -0.406 e. The Morgan fingerprint density at radius 1 is 1.31 bits per heavy atom. The lowest BCUT2D eigenvalue weighted by Gasteiger charge is -2.27. The van der Waals surface area contributed by atoms with Crippen LogP contribution in [0.2, 0.25) is 0 Å². The number of amides is 2. The van der Waals surface area contributed by atoms with E-state index in [1.807, 2.05) is 0 Å². The molecule has 1 aliphatic rings. The number of rotatable bonds is 6. The van der Waals surface area contributed by atoms with Gasteiger partial charge >= 0.3 is 12.4 Å². The van der Waals surface area contributed by atoms with Crippen LogP contribution in [0.1, 0.15) is 29.7 Å². The number of aliphatic hydroxyl groups is 1. The summed E-state index contributed by atoms with van der Waals surface area (Å²) >= 11 is 0. The summed E-state index contributed by atoms with van der Waals surface area (Å²) in [5, 5.41) is 11.5. The minimum absolute atomic E-state index is 0.0253. The molecule has 2 aromatic rings. The van der Waals surface area contributed by atoms with Gasteiger partial charge in [0, 0.05) is 31.6 Å². The van der Waals surface area contributed by atoms with E-state index in [1.165, 1.54) is 30.0 Å². The van der Waals surface area contributed by atoms with Crippen LogP contribution < -0.4 is 10.1 Å². The summed E-state index contributed by atoms with van der Waals surface area (Å²) in [6.45, 7) is 2.04. The molecule has 0 atom stereocenters. The number of hydrogen-bond acceptors (Lipinski definition) is 4. The summed E-state index contributed by atoms with van der Waals surface area (Å²) in [7, 11) is 0. The summed E-state index contributed by atoms with van der Waals surface area (Å²) < 4.78 is 55.5. The predicted molar refractivity (Wildman–Crippen MR) is 111 cm³/mol. The van der Waals surface area contributed by atoms with Gasteiger partial charge in [0.05, 0.1) is 0 Å². The van der Waals surface area contributed by atoms with Crippen LogP contribution in [0.3, 0.4) is 0 Å². The number of hydrogen-bond donors (Lipinski definition) is 2. The first kappa shape index (κ1) is 23.5. The Labute approximate surface area is 182 Å². The molecule has 0 saturated carbocycles. The Morgan fingerprint density at radius 3 is 2.69 bits per heavy atom. The number of carbonyl (C=O) groups excluding carboxylic acids is 1. The van der Waals surface area contributed by atoms with Crippen LogP contribution in [-0.4, -0.2) is 47.1 Å². The molecule has 0 spiro atoms. The molecule has 1 aliphatic heterocycles. The first-order valence-electron chi connectivity index (χ1n) is 10.0. The number of pyridine rings is 1. The maximum atomic E-state index is 14.4. The van der Waals surface area contributed by atoms with E-state index in [4.69, 9.17) is 5.11 Å². The van der Waals surface area contributed by atoms with Crippen LogP contribution in [0.25, 0.3) is 5.57 Å². The van der Waals surface area contributed by atoms with E-state index in [0.29, 0.717) is 42.6 Å². The standard InChI is InChI=1S/C22H23F4N3O3/c1-14-11-17(4-5-19(14)32-22(24,25)26)28-21(31)29-8-6-16(7-9-29)20-18(23)12-15(13-27-20)3-2-10-30/h4-6,11-13,30H,2-3,7-10H2,1H3,(H,28,31). The molecule has 2 N–H and O–H groups in total. The van der Waals surface area contributed by atoms with Gasteiger partial charge in [0.25, 0.3) is 0 Å². The van der Waals surface area contributed by atoms with Crippen molar-refractivity contribution in [3.63, 3.8) is 0 Å². The highest BCUT2D eigenvalue weighted by Gasteiger charge is 2.31. The molecule has 2 heterocycles. The van der Waals surface area contributed by atoms with Gasteiger partial charge in [-0.1, -0.05) is 6.08 Å². The Kier molecular flexibility index (Phi) is 7.34. The smallest absolute Gasteiger partial charge is 0.406 e. The number of aryl methyl sites for hydroxylation is 2. The number of ether oxygens (including phenoxy) is 1. The van der Waals surface area contributed by atoms with Gasteiger partial charge in [-0.05, 0) is 67.2 Å². The quantitative estimate of drug-likeness (QED) is 0.624. The molecule has 32 heavy (non-hydrogen) atoms. The average molecular weight is 453 g/mol. The molecule has 0 bridgehead atoms. The van der Waals surface area contributed by atoms with Gasteiger partial charge in [-0.25, -0.2) is 9.18 Å². The Hall–Kier alpha value is -3.14. The van der Waals surface area contributed by atoms with Crippen molar-refractivity contribution in [3.05, 3.63) is 59.2 Å². The number of nitrogens with one attached hydrogen (secondary N) is 1. The van der Waals surface area contributed by atoms with Crippen LogP contribution >= 0.6 is 0 Å². The maximum Gasteiger partial charge on any atom is 0.573 e. The normalized spacial score (nSPS) is 14.2. The van der Waals surface area contributed by atoms with E-state index in [2.05, 4.69) is 15.0 Å². The van der Waals surface area contributed by atoms with Crippen molar-refractivity contribution in [1.82, 2.24) is 9.88 Å². The molecule has 0 aliphatic carbocycles. The summed E-state index contributed by atoms with van der Waals surface area (Å²) in [5.41, 5.74) is 2.21. The number of nitrogens with zero attached hydrogens (tertiary/aromatic N) is 2. The topological polar surface area (TPSA) is 74.7 Å². The zero-order chi connectivity index (χ0) is 23.3. The number of aromatic nitrogens is 1. The van der Waals surface area contributed by atoms with Gasteiger partial charge in [0.1, 0.15) is 17.3 Å². The Morgan fingerprint density at radius 2 is 2.09 bits per heavy atom. The molecular weight excluding hydrogens is 430 g/mol. The third-order valence-electron chi connectivity index (χ3n) is 4.97. The second kappa shape index (κ2) is 9.99. The predicted octanol–water partition coefficient (Wildman–Crippen LogP) is 4.67. The molecule has 1 aromatic heterocycles. The molecule has 0 saturated heterocycles. The lowest BCUT2D eigenvalue weighted by atomic mass is 10.0. The molecule has 0 unspecified atom stereocenters. The van der Waals surface area contributed by atoms with E-state index < -0.39 is 18.2 Å². The number of carbonyl (C=O) groups is 1. The molecule has 172 valence electrons. The number of alkyl halides is 3. The SMILES string of the molecule is Cc1cc(NC(=O)N2CC=C(c3ncc(CCCO)cc3F)CC2)ccc1OC(F)(F)F. The number of anilines is 1. The van der Waals surface area contributed by atoms with Gasteiger partial charge in [0.15, 0.2) is 0 Å². The highest BCUT2D eigenvalue weighted by atomic mass is 19.4. The van der Waals surface area contributed by atoms with Crippen LogP contribution in [0.4, 0.5) is 28.0 Å². The van der Waals surface area contributed by atoms with Crippen LogP contribution in [-0.2, 0) is 6.42 Å². The Balaban J connectivity index is 1.61. The number of urea groups is 1. The van der Waals surface area contributed by atoms with E-state index in [9.17, 15) is 22.4 Å². The van der Waals surface area contributed by atoms with E-state index in [-0.39, 0.29) is 30.2 Å².